The zero-order valence-corrected chi connectivity index (χ0v) is 18.2. The van der Waals surface area contributed by atoms with E-state index in [0.717, 1.165) is 11.3 Å². The molecule has 0 saturated heterocycles. The number of benzene rings is 2. The molecule has 4 aromatic rings. The van der Waals surface area contributed by atoms with Crippen LogP contribution in [0, 0.1) is 0 Å². The molecular weight excluding hydrogens is 448 g/mol. The predicted molar refractivity (Wildman–Crippen MR) is 124 cm³/mol. The highest BCUT2D eigenvalue weighted by Gasteiger charge is 2.17. The Labute approximate surface area is 193 Å². The number of phenolic OH excluding ortho intramolecular Hbond substituents is 1. The molecule has 8 nitrogen and oxygen atoms in total. The second kappa shape index (κ2) is 10.1. The molecule has 2 aromatic carbocycles. The van der Waals surface area contributed by atoms with E-state index in [2.05, 4.69) is 25.7 Å². The van der Waals surface area contributed by atoms with Crippen LogP contribution in [-0.2, 0) is 4.79 Å². The summed E-state index contributed by atoms with van der Waals surface area (Å²) in [4.78, 5) is 16.3. The van der Waals surface area contributed by atoms with Gasteiger partial charge >= 0.3 is 0 Å². The Kier molecular flexibility index (Phi) is 6.78. The summed E-state index contributed by atoms with van der Waals surface area (Å²) in [7, 11) is 0. The molecule has 32 heavy (non-hydrogen) atoms. The number of nitrogens with one attached hydrogen (secondary N) is 1. The highest BCUT2D eigenvalue weighted by atomic mass is 35.5. The third-order valence-corrected chi connectivity index (χ3v) is 5.50. The molecule has 0 unspecified atom stereocenters. The van der Waals surface area contributed by atoms with Gasteiger partial charge in [0.15, 0.2) is 11.0 Å². The first-order chi connectivity index (χ1) is 15.6. The van der Waals surface area contributed by atoms with E-state index in [-0.39, 0.29) is 17.4 Å². The highest BCUT2D eigenvalue weighted by Crippen LogP contribution is 2.28. The minimum atomic E-state index is -0.321. The lowest BCUT2D eigenvalue weighted by Gasteiger charge is -2.10. The summed E-state index contributed by atoms with van der Waals surface area (Å²) in [6, 6.07) is 17.7. The second-order valence-corrected chi connectivity index (χ2v) is 7.87. The number of aromatic hydroxyl groups is 1. The van der Waals surface area contributed by atoms with Gasteiger partial charge in [0.1, 0.15) is 5.75 Å². The maximum absolute atomic E-state index is 12.3. The third kappa shape index (κ3) is 5.13. The Morgan fingerprint density at radius 1 is 1.09 bits per heavy atom. The summed E-state index contributed by atoms with van der Waals surface area (Å²) in [5.41, 5.74) is 4.60. The van der Waals surface area contributed by atoms with E-state index in [4.69, 9.17) is 11.6 Å². The fourth-order valence-electron chi connectivity index (χ4n) is 2.81. The first-order valence-corrected chi connectivity index (χ1v) is 10.8. The molecule has 10 heteroatoms. The number of rotatable bonds is 7. The smallest absolute Gasteiger partial charge is 0.250 e. The van der Waals surface area contributed by atoms with Crippen LogP contribution in [0.25, 0.3) is 17.1 Å². The van der Waals surface area contributed by atoms with Crippen molar-refractivity contribution in [2.45, 2.75) is 5.16 Å². The summed E-state index contributed by atoms with van der Waals surface area (Å²) >= 11 is 7.26. The number of halogens is 1. The number of hydrogen-bond donors (Lipinski definition) is 2. The van der Waals surface area contributed by atoms with Crippen molar-refractivity contribution in [2.24, 2.45) is 5.10 Å². The topological polar surface area (TPSA) is 105 Å². The van der Waals surface area contributed by atoms with Crippen LogP contribution in [0.15, 0.2) is 83.3 Å². The van der Waals surface area contributed by atoms with Gasteiger partial charge in [-0.2, -0.15) is 5.10 Å². The van der Waals surface area contributed by atoms with Crippen molar-refractivity contribution in [1.29, 1.82) is 0 Å². The Morgan fingerprint density at radius 3 is 2.59 bits per heavy atom. The third-order valence-electron chi connectivity index (χ3n) is 4.32. The van der Waals surface area contributed by atoms with E-state index in [1.165, 1.54) is 18.0 Å². The molecule has 2 heterocycles. The van der Waals surface area contributed by atoms with E-state index in [0.29, 0.717) is 21.6 Å². The fraction of sp³-hybridized carbons (Fsp3) is 0.0455. The van der Waals surface area contributed by atoms with Gasteiger partial charge in [-0.3, -0.25) is 14.3 Å². The van der Waals surface area contributed by atoms with E-state index < -0.39 is 0 Å². The van der Waals surface area contributed by atoms with Crippen LogP contribution in [0.3, 0.4) is 0 Å². The first kappa shape index (κ1) is 21.5. The minimum absolute atomic E-state index is 0.0696. The van der Waals surface area contributed by atoms with E-state index in [1.54, 1.807) is 48.8 Å². The Bertz CT molecular complexity index is 1250. The minimum Gasteiger partial charge on any atom is -0.507 e. The van der Waals surface area contributed by atoms with Gasteiger partial charge in [0.05, 0.1) is 12.0 Å². The van der Waals surface area contributed by atoms with Crippen LogP contribution in [0.2, 0.25) is 5.02 Å². The van der Waals surface area contributed by atoms with Crippen molar-refractivity contribution in [3.8, 4) is 22.8 Å². The summed E-state index contributed by atoms with van der Waals surface area (Å²) < 4.78 is 1.86. The van der Waals surface area contributed by atoms with Crippen molar-refractivity contribution in [3.05, 3.63) is 83.6 Å². The molecule has 0 aliphatic carbocycles. The summed E-state index contributed by atoms with van der Waals surface area (Å²) in [5.74, 6) is 0.452. The monoisotopic (exact) mass is 464 g/mol. The summed E-state index contributed by atoms with van der Waals surface area (Å²) in [6.45, 7) is 0. The lowest BCUT2D eigenvalue weighted by atomic mass is 10.2. The molecule has 0 radical (unpaired) electrons. The first-order valence-electron chi connectivity index (χ1n) is 9.46. The Morgan fingerprint density at radius 2 is 1.84 bits per heavy atom. The summed E-state index contributed by atoms with van der Waals surface area (Å²) in [6.07, 6.45) is 4.74. The van der Waals surface area contributed by atoms with Gasteiger partial charge in [0.25, 0.3) is 5.91 Å². The number of hydrogen-bond acceptors (Lipinski definition) is 7. The Hall–Kier alpha value is -3.69. The van der Waals surface area contributed by atoms with Gasteiger partial charge in [0, 0.05) is 34.2 Å². The van der Waals surface area contributed by atoms with Crippen LogP contribution in [-0.4, -0.2) is 42.7 Å². The maximum Gasteiger partial charge on any atom is 0.250 e. The zero-order chi connectivity index (χ0) is 22.3. The predicted octanol–water partition coefficient (Wildman–Crippen LogP) is 3.93. The maximum atomic E-state index is 12.3. The molecule has 0 saturated carbocycles. The number of para-hydroxylation sites is 1. The average Bonchev–Trinajstić information content (AvgIpc) is 3.24. The lowest BCUT2D eigenvalue weighted by molar-refractivity contribution is -0.118. The molecular formula is C22H17ClN6O2S. The molecule has 0 aliphatic rings. The molecule has 0 atom stereocenters. The van der Waals surface area contributed by atoms with Crippen molar-refractivity contribution in [2.75, 3.05) is 5.75 Å². The molecule has 0 spiro atoms. The van der Waals surface area contributed by atoms with Crippen molar-refractivity contribution >= 4 is 35.5 Å². The summed E-state index contributed by atoms with van der Waals surface area (Å²) in [5, 5.41) is 23.4. The molecule has 160 valence electrons. The van der Waals surface area contributed by atoms with E-state index in [9.17, 15) is 9.90 Å². The van der Waals surface area contributed by atoms with Crippen molar-refractivity contribution < 1.29 is 9.90 Å². The van der Waals surface area contributed by atoms with Gasteiger partial charge in [-0.15, -0.1) is 10.2 Å². The van der Waals surface area contributed by atoms with Crippen LogP contribution in [0.1, 0.15) is 5.56 Å². The van der Waals surface area contributed by atoms with Gasteiger partial charge in [-0.25, -0.2) is 5.43 Å². The number of phenols is 1. The number of hydrazone groups is 1. The zero-order valence-electron chi connectivity index (χ0n) is 16.6. The Balaban J connectivity index is 1.51. The highest BCUT2D eigenvalue weighted by molar-refractivity contribution is 7.99. The molecule has 2 aromatic heterocycles. The SMILES string of the molecule is O=C(CSc1nnc(-c2ccncc2)n1-c1ccc(Cl)cc1)N/N=C\c1ccccc1O. The van der Waals surface area contributed by atoms with E-state index in [1.807, 2.05) is 28.8 Å². The van der Waals surface area contributed by atoms with Crippen molar-refractivity contribution in [3.63, 3.8) is 0 Å². The molecule has 0 bridgehead atoms. The van der Waals surface area contributed by atoms with Crippen molar-refractivity contribution in [1.82, 2.24) is 25.2 Å². The number of carbonyl (C=O) groups excluding carboxylic acids is 1. The number of nitrogens with zero attached hydrogens (tertiary/aromatic N) is 5. The van der Waals surface area contributed by atoms with Gasteiger partial charge in [-0.1, -0.05) is 35.5 Å². The average molecular weight is 465 g/mol. The molecule has 2 N–H and O–H groups in total. The molecule has 0 fully saturated rings. The molecule has 0 aliphatic heterocycles. The number of aromatic nitrogens is 4. The van der Waals surface area contributed by atoms with E-state index >= 15 is 0 Å². The number of carbonyl (C=O) groups is 1. The standard InChI is InChI=1S/C22H17ClN6O2S/c23-17-5-7-18(8-6-17)29-21(15-9-11-24-12-10-15)27-28-22(29)32-14-20(31)26-25-13-16-3-1-2-4-19(16)30/h1-13,30H,14H2,(H,26,31)/b25-13-. The number of amides is 1. The van der Waals surface area contributed by atoms with Gasteiger partial charge in [-0.05, 0) is 48.5 Å². The van der Waals surface area contributed by atoms with Crippen LogP contribution in [0.4, 0.5) is 0 Å². The van der Waals surface area contributed by atoms with Gasteiger partial charge in [0.2, 0.25) is 0 Å². The molecule has 1 amide bonds. The van der Waals surface area contributed by atoms with Crippen LogP contribution in [0.5, 0.6) is 5.75 Å². The number of thioether (sulfide) groups is 1. The second-order valence-electron chi connectivity index (χ2n) is 6.49. The molecule has 4 rings (SSSR count). The van der Waals surface area contributed by atoms with Crippen LogP contribution < -0.4 is 5.43 Å². The number of pyridine rings is 1. The quantitative estimate of drug-likeness (QED) is 0.244. The van der Waals surface area contributed by atoms with Gasteiger partial charge < -0.3 is 5.11 Å². The normalized spacial score (nSPS) is 11.0. The lowest BCUT2D eigenvalue weighted by Crippen LogP contribution is -2.20. The fourth-order valence-corrected chi connectivity index (χ4v) is 3.68. The van der Waals surface area contributed by atoms with Crippen LogP contribution >= 0.6 is 23.4 Å². The largest absolute Gasteiger partial charge is 0.507 e.